The molecule has 0 fully saturated rings. The summed E-state index contributed by atoms with van der Waals surface area (Å²) in [5.41, 5.74) is 0. The topological polar surface area (TPSA) is 77.5 Å². The van der Waals surface area contributed by atoms with E-state index in [0.29, 0.717) is 0 Å². The van der Waals surface area contributed by atoms with Crippen molar-refractivity contribution >= 4 is 103 Å². The summed E-state index contributed by atoms with van der Waals surface area (Å²) in [6.07, 6.45) is 0. The zero-order chi connectivity index (χ0) is 8.12. The fraction of sp³-hybridized carbons (Fsp3) is 0. The Kier molecular flexibility index (Phi) is 61.0. The third-order valence-electron chi connectivity index (χ3n) is 0.111. The van der Waals surface area contributed by atoms with Crippen LogP contribution in [0.3, 0.4) is 0 Å². The van der Waals surface area contributed by atoms with E-state index in [-0.39, 0.29) is 71.8 Å². The van der Waals surface area contributed by atoms with E-state index in [1.165, 1.54) is 0 Å². The van der Waals surface area contributed by atoms with Gasteiger partial charge >= 0.3 is 116 Å². The maximum atomic E-state index is 9.21. The van der Waals surface area contributed by atoms with E-state index in [0.717, 1.165) is 0 Å². The van der Waals surface area contributed by atoms with E-state index in [4.69, 9.17) is 2.87 Å². The van der Waals surface area contributed by atoms with Gasteiger partial charge in [-0.25, -0.2) is 0 Å². The number of hydrogen-bond acceptors (Lipinski definition) is 5. The van der Waals surface area contributed by atoms with Crippen LogP contribution in [-0.2, 0) is 13.3 Å². The molecule has 0 atom stereocenters. The molecular formula is Al2Ca2O5. The second-order valence-corrected chi connectivity index (χ2v) is 1.80. The predicted molar refractivity (Wildman–Crippen MR) is 26.8 cm³/mol. The summed E-state index contributed by atoms with van der Waals surface area (Å²) in [6.45, 7) is 0. The molecule has 9 heteroatoms. The van der Waals surface area contributed by atoms with E-state index in [9.17, 15) is 7.61 Å². The summed E-state index contributed by atoms with van der Waals surface area (Å²) in [4.78, 5) is 0. The van der Waals surface area contributed by atoms with Crippen LogP contribution < -0.4 is 0 Å². The van der Waals surface area contributed by atoms with Crippen molar-refractivity contribution in [3.05, 3.63) is 0 Å². The predicted octanol–water partition coefficient (Wildman–Crippen LogP) is -2.07. The molecule has 5 nitrogen and oxygen atoms in total. The molecule has 0 saturated heterocycles. The van der Waals surface area contributed by atoms with E-state index < -0.39 is 31.0 Å². The van der Waals surface area contributed by atoms with Crippen LogP contribution in [0.4, 0.5) is 0 Å². The molecule has 0 amide bonds. The summed E-state index contributed by atoms with van der Waals surface area (Å²) < 4.78 is 39.1. The van der Waals surface area contributed by atoms with Crippen LogP contribution in [0, 0.1) is 0 Å². The van der Waals surface area contributed by atoms with Crippen LogP contribution >= 0.6 is 0 Å². The van der Waals surface area contributed by atoms with E-state index in [1.807, 2.05) is 0 Å². The third kappa shape index (κ3) is 37.1. The SMILES string of the molecule is [O]=[Al][O][Al]=[O].[O]=[Ca].[O]=[Ca]. The summed E-state index contributed by atoms with van der Waals surface area (Å²) >= 11 is -2.23. The van der Waals surface area contributed by atoms with Crippen molar-refractivity contribution in [1.82, 2.24) is 0 Å². The average Bonchev–Trinajstić information content (AvgIpc) is 1.98. The molecule has 0 aromatic carbocycles. The second kappa shape index (κ2) is 31.2. The van der Waals surface area contributed by atoms with E-state index >= 15 is 0 Å². The van der Waals surface area contributed by atoms with Gasteiger partial charge in [-0.15, -0.1) is 0 Å². The fourth-order valence-electron chi connectivity index (χ4n) is 0.0227. The van der Waals surface area contributed by atoms with Gasteiger partial charge in [0.05, 0.1) is 0 Å². The first kappa shape index (κ1) is 17.6. The molecule has 0 rings (SSSR count). The monoisotopic (exact) mass is 214 g/mol. The van der Waals surface area contributed by atoms with Gasteiger partial charge < -0.3 is 0 Å². The van der Waals surface area contributed by atoms with Gasteiger partial charge in [0.2, 0.25) is 0 Å². The minimum atomic E-state index is -1.24. The first-order valence-electron chi connectivity index (χ1n) is 1.52. The molecule has 0 N–H and O–H groups in total. The Hall–Kier alpha value is 2.58. The van der Waals surface area contributed by atoms with Crippen LogP contribution in [0.15, 0.2) is 0 Å². The Balaban J connectivity index is -0.0000000771. The Bertz CT molecular complexity index is 58.0. The molecule has 40 valence electrons. The van der Waals surface area contributed by atoms with Crippen LogP contribution in [-0.4, -0.2) is 103 Å². The minimum absolute atomic E-state index is 0.125. The Morgan fingerprint density at radius 2 is 1.11 bits per heavy atom. The molecular weight excluding hydrogens is 214 g/mol. The second-order valence-electron chi connectivity index (χ2n) is 0.329. The molecule has 0 saturated carbocycles. The summed E-state index contributed by atoms with van der Waals surface area (Å²) in [5.74, 6) is 0. The zero-order valence-electron chi connectivity index (χ0n) is 4.61. The molecule has 0 aliphatic carbocycles. The standard InChI is InChI=1S/2Al.2Ca.5O. The summed E-state index contributed by atoms with van der Waals surface area (Å²) in [6, 6.07) is 0. The molecule has 0 heterocycles. The van der Waals surface area contributed by atoms with Crippen molar-refractivity contribution in [3.63, 3.8) is 0 Å². The van der Waals surface area contributed by atoms with Gasteiger partial charge in [-0.05, 0) is 0 Å². The first-order valence-corrected chi connectivity index (χ1v) is 5.21. The van der Waals surface area contributed by atoms with Crippen molar-refractivity contribution in [1.29, 1.82) is 0 Å². The van der Waals surface area contributed by atoms with Crippen molar-refractivity contribution in [2.24, 2.45) is 0 Å². The van der Waals surface area contributed by atoms with Crippen molar-refractivity contribution in [2.75, 3.05) is 0 Å². The molecule has 0 aliphatic heterocycles. The van der Waals surface area contributed by atoms with Crippen molar-refractivity contribution < 1.29 is 13.3 Å². The quantitative estimate of drug-likeness (QED) is 0.493. The fourth-order valence-corrected chi connectivity index (χ4v) is 0.204. The van der Waals surface area contributed by atoms with Gasteiger partial charge in [0, 0.05) is 0 Å². The van der Waals surface area contributed by atoms with E-state index in [1.54, 1.807) is 0 Å². The van der Waals surface area contributed by atoms with Crippen LogP contribution in [0.1, 0.15) is 0 Å². The van der Waals surface area contributed by atoms with Gasteiger partial charge in [0.15, 0.2) is 0 Å². The van der Waals surface area contributed by atoms with Crippen LogP contribution in [0.5, 0.6) is 0 Å². The van der Waals surface area contributed by atoms with Gasteiger partial charge in [0.25, 0.3) is 0 Å². The average molecular weight is 214 g/mol. The first-order chi connectivity index (χ1) is 4.41. The van der Waals surface area contributed by atoms with Crippen LogP contribution in [0.2, 0.25) is 0 Å². The molecule has 9 heavy (non-hydrogen) atoms. The normalized spacial score (nSPS) is 3.56. The van der Waals surface area contributed by atoms with Gasteiger partial charge in [-0.3, -0.25) is 0 Å². The van der Waals surface area contributed by atoms with Crippen molar-refractivity contribution in [2.45, 2.75) is 0 Å². The summed E-state index contributed by atoms with van der Waals surface area (Å²) in [7, 11) is 0. The molecule has 0 radical (unpaired) electrons. The summed E-state index contributed by atoms with van der Waals surface area (Å²) in [5, 5.41) is 0. The van der Waals surface area contributed by atoms with Gasteiger partial charge in [-0.2, -0.15) is 0 Å². The Morgan fingerprint density at radius 1 is 0.889 bits per heavy atom. The zero-order valence-corrected chi connectivity index (χ0v) is 11.3. The molecule has 0 aliphatic rings. The molecule has 0 aromatic heterocycles. The van der Waals surface area contributed by atoms with E-state index in [2.05, 4.69) is 2.84 Å². The Morgan fingerprint density at radius 3 is 1.11 bits per heavy atom. The van der Waals surface area contributed by atoms with Gasteiger partial charge in [0.1, 0.15) is 0 Å². The molecule has 0 unspecified atom stereocenters. The number of hydrogen-bond donors (Lipinski definition) is 0. The third-order valence-corrected chi connectivity index (χ3v) is 1.00. The molecule has 0 spiro atoms. The van der Waals surface area contributed by atoms with Gasteiger partial charge in [-0.1, -0.05) is 0 Å². The molecule has 0 aromatic rings. The van der Waals surface area contributed by atoms with Crippen molar-refractivity contribution in [3.8, 4) is 0 Å². The maximum absolute atomic E-state index is 9.21. The van der Waals surface area contributed by atoms with Crippen LogP contribution in [0.25, 0.3) is 0 Å². The molecule has 0 bridgehead atoms. The number of rotatable bonds is 2. The Labute approximate surface area is 113 Å².